The van der Waals surface area contributed by atoms with Gasteiger partial charge in [0.1, 0.15) is 5.54 Å². The number of carbonyl (C=O) groups is 1. The third-order valence-corrected chi connectivity index (χ3v) is 3.88. The zero-order chi connectivity index (χ0) is 14.3. The van der Waals surface area contributed by atoms with Gasteiger partial charge in [0, 0.05) is 18.6 Å². The summed E-state index contributed by atoms with van der Waals surface area (Å²) in [6.07, 6.45) is -1.87. The molecule has 110 valence electrons. The van der Waals surface area contributed by atoms with Gasteiger partial charge in [-0.05, 0) is 26.2 Å². The van der Waals surface area contributed by atoms with E-state index in [2.05, 4.69) is 10.2 Å². The number of likely N-dealkylation sites (tertiary alicyclic amines) is 1. The lowest BCUT2D eigenvalue weighted by Gasteiger charge is -2.28. The van der Waals surface area contributed by atoms with Crippen LogP contribution in [0.1, 0.15) is 26.2 Å². The van der Waals surface area contributed by atoms with Gasteiger partial charge >= 0.3 is 12.1 Å². The molecule has 2 rings (SSSR count). The minimum atomic E-state index is -4.34. The summed E-state index contributed by atoms with van der Waals surface area (Å²) in [6, 6.07) is 0.501. The van der Waals surface area contributed by atoms with E-state index in [0.717, 1.165) is 12.8 Å². The molecule has 1 aliphatic carbocycles. The van der Waals surface area contributed by atoms with Crippen molar-refractivity contribution in [1.29, 1.82) is 0 Å². The molecule has 0 radical (unpaired) electrons. The average Bonchev–Trinajstić information content (AvgIpc) is 3.10. The Morgan fingerprint density at radius 1 is 1.47 bits per heavy atom. The number of hydrogen-bond donors (Lipinski definition) is 1. The van der Waals surface area contributed by atoms with E-state index >= 15 is 0 Å². The second-order valence-electron chi connectivity index (χ2n) is 5.50. The lowest BCUT2D eigenvalue weighted by molar-refractivity contribution is -0.152. The smallest absolute Gasteiger partial charge is 0.401 e. The second kappa shape index (κ2) is 4.94. The number of rotatable bonds is 4. The average molecular weight is 280 g/mol. The van der Waals surface area contributed by atoms with Crippen molar-refractivity contribution in [2.24, 2.45) is 0 Å². The Morgan fingerprint density at radius 3 is 2.58 bits per heavy atom. The highest BCUT2D eigenvalue weighted by atomic mass is 19.4. The number of hydrogen-bond acceptors (Lipinski definition) is 4. The standard InChI is InChI=1S/C12H19F3N2O2/c1-8-5-11(10(18)19-2,16-6-12(13,14)15)7-17(8)9-3-4-9/h8-9,16H,3-7H2,1-2H3. The minimum absolute atomic E-state index is 0.0901. The Balaban J connectivity index is 2.10. The fourth-order valence-corrected chi connectivity index (χ4v) is 2.86. The highest BCUT2D eigenvalue weighted by molar-refractivity contribution is 5.81. The molecule has 0 aromatic rings. The van der Waals surface area contributed by atoms with Crippen LogP contribution in [-0.4, -0.2) is 54.9 Å². The van der Waals surface area contributed by atoms with Gasteiger partial charge < -0.3 is 4.74 Å². The molecule has 19 heavy (non-hydrogen) atoms. The van der Waals surface area contributed by atoms with Crippen LogP contribution in [-0.2, 0) is 9.53 Å². The maximum absolute atomic E-state index is 12.4. The molecule has 7 heteroatoms. The first kappa shape index (κ1) is 14.6. The zero-order valence-corrected chi connectivity index (χ0v) is 11.1. The maximum Gasteiger partial charge on any atom is 0.401 e. The topological polar surface area (TPSA) is 41.6 Å². The van der Waals surface area contributed by atoms with Crippen LogP contribution in [0.2, 0.25) is 0 Å². The molecule has 0 aromatic carbocycles. The summed E-state index contributed by atoms with van der Waals surface area (Å²) in [5, 5.41) is 2.39. The van der Waals surface area contributed by atoms with Gasteiger partial charge in [-0.25, -0.2) is 0 Å². The predicted molar refractivity (Wildman–Crippen MR) is 62.6 cm³/mol. The van der Waals surface area contributed by atoms with Crippen LogP contribution >= 0.6 is 0 Å². The van der Waals surface area contributed by atoms with Gasteiger partial charge in [0.2, 0.25) is 0 Å². The van der Waals surface area contributed by atoms with Gasteiger partial charge in [-0.3, -0.25) is 15.0 Å². The monoisotopic (exact) mass is 280 g/mol. The third kappa shape index (κ3) is 3.20. The first-order valence-electron chi connectivity index (χ1n) is 6.43. The highest BCUT2D eigenvalue weighted by Gasteiger charge is 2.53. The van der Waals surface area contributed by atoms with Gasteiger partial charge in [0.25, 0.3) is 0 Å². The van der Waals surface area contributed by atoms with Crippen molar-refractivity contribution >= 4 is 5.97 Å². The van der Waals surface area contributed by atoms with Crippen molar-refractivity contribution < 1.29 is 22.7 Å². The van der Waals surface area contributed by atoms with E-state index in [1.165, 1.54) is 7.11 Å². The molecule has 0 aromatic heterocycles. The molecule has 1 saturated heterocycles. The van der Waals surface area contributed by atoms with Crippen LogP contribution in [0, 0.1) is 0 Å². The summed E-state index contributed by atoms with van der Waals surface area (Å²) in [7, 11) is 1.21. The van der Waals surface area contributed by atoms with Gasteiger partial charge in [-0.1, -0.05) is 0 Å². The van der Waals surface area contributed by atoms with E-state index in [9.17, 15) is 18.0 Å². The second-order valence-corrected chi connectivity index (χ2v) is 5.50. The van der Waals surface area contributed by atoms with Crippen LogP contribution in [0.15, 0.2) is 0 Å². The molecule has 0 bridgehead atoms. The fraction of sp³-hybridized carbons (Fsp3) is 0.917. The van der Waals surface area contributed by atoms with Crippen LogP contribution in [0.4, 0.5) is 13.2 Å². The van der Waals surface area contributed by atoms with Crippen molar-refractivity contribution in [3.63, 3.8) is 0 Å². The number of ether oxygens (including phenoxy) is 1. The van der Waals surface area contributed by atoms with Crippen LogP contribution in [0.3, 0.4) is 0 Å². The molecule has 4 nitrogen and oxygen atoms in total. The molecule has 1 aliphatic heterocycles. The van der Waals surface area contributed by atoms with Crippen molar-refractivity contribution in [3.05, 3.63) is 0 Å². The summed E-state index contributed by atoms with van der Waals surface area (Å²) >= 11 is 0. The number of esters is 1. The maximum atomic E-state index is 12.4. The Bertz CT molecular complexity index is 357. The number of nitrogens with one attached hydrogen (secondary N) is 1. The van der Waals surface area contributed by atoms with E-state index in [4.69, 9.17) is 4.74 Å². The molecule has 2 unspecified atom stereocenters. The predicted octanol–water partition coefficient (Wildman–Crippen LogP) is 1.31. The SMILES string of the molecule is COC(=O)C1(NCC(F)(F)F)CC(C)N(C2CC2)C1. The van der Waals surface area contributed by atoms with E-state index in [0.29, 0.717) is 19.0 Å². The van der Waals surface area contributed by atoms with Crippen molar-refractivity contribution in [1.82, 2.24) is 10.2 Å². The molecular weight excluding hydrogens is 261 g/mol. The van der Waals surface area contributed by atoms with Gasteiger partial charge in [0.05, 0.1) is 13.7 Å². The third-order valence-electron chi connectivity index (χ3n) is 3.88. The van der Waals surface area contributed by atoms with E-state index in [-0.39, 0.29) is 6.04 Å². The molecular formula is C12H19F3N2O2. The number of methoxy groups -OCH3 is 1. The first-order chi connectivity index (χ1) is 8.77. The van der Waals surface area contributed by atoms with Crippen LogP contribution in [0.25, 0.3) is 0 Å². The van der Waals surface area contributed by atoms with E-state index in [1.54, 1.807) is 0 Å². The van der Waals surface area contributed by atoms with Crippen molar-refractivity contribution in [2.45, 2.75) is 50.0 Å². The molecule has 1 heterocycles. The lowest BCUT2D eigenvalue weighted by Crippen LogP contribution is -2.57. The summed E-state index contributed by atoms with van der Waals surface area (Å²) in [4.78, 5) is 14.0. The van der Waals surface area contributed by atoms with E-state index < -0.39 is 24.2 Å². The largest absolute Gasteiger partial charge is 0.468 e. The molecule has 2 fully saturated rings. The summed E-state index contributed by atoms with van der Waals surface area (Å²) in [5.41, 5.74) is -1.23. The molecule has 2 aliphatic rings. The Kier molecular flexibility index (Phi) is 3.79. The van der Waals surface area contributed by atoms with Gasteiger partial charge in [-0.2, -0.15) is 13.2 Å². The highest BCUT2D eigenvalue weighted by Crippen LogP contribution is 2.38. The number of halogens is 3. The number of nitrogens with zero attached hydrogens (tertiary/aromatic N) is 1. The fourth-order valence-electron chi connectivity index (χ4n) is 2.86. The Labute approximate surface area is 110 Å². The van der Waals surface area contributed by atoms with Crippen LogP contribution < -0.4 is 5.32 Å². The minimum Gasteiger partial charge on any atom is -0.468 e. The molecule has 1 saturated carbocycles. The van der Waals surface area contributed by atoms with E-state index in [1.807, 2.05) is 6.92 Å². The number of alkyl halides is 3. The zero-order valence-electron chi connectivity index (χ0n) is 11.1. The Hall–Kier alpha value is -0.820. The molecule has 1 N–H and O–H groups in total. The first-order valence-corrected chi connectivity index (χ1v) is 6.43. The quantitative estimate of drug-likeness (QED) is 0.788. The van der Waals surface area contributed by atoms with Gasteiger partial charge in [-0.15, -0.1) is 0 Å². The summed E-state index contributed by atoms with van der Waals surface area (Å²) in [5.74, 6) is -0.605. The van der Waals surface area contributed by atoms with Crippen molar-refractivity contribution in [3.8, 4) is 0 Å². The lowest BCUT2D eigenvalue weighted by atomic mass is 9.96. The number of carbonyl (C=O) groups excluding carboxylic acids is 1. The molecule has 2 atom stereocenters. The van der Waals surface area contributed by atoms with Crippen LogP contribution in [0.5, 0.6) is 0 Å². The normalized spacial score (nSPS) is 32.6. The Morgan fingerprint density at radius 2 is 2.11 bits per heavy atom. The summed E-state index contributed by atoms with van der Waals surface area (Å²) < 4.78 is 41.9. The van der Waals surface area contributed by atoms with Crippen molar-refractivity contribution in [2.75, 3.05) is 20.2 Å². The molecule has 0 amide bonds. The van der Waals surface area contributed by atoms with Gasteiger partial charge in [0.15, 0.2) is 0 Å². The molecule has 0 spiro atoms. The summed E-state index contributed by atoms with van der Waals surface area (Å²) in [6.45, 7) is 1.06.